The van der Waals surface area contributed by atoms with Gasteiger partial charge in [-0.15, -0.1) is 11.8 Å². The number of carbonyl (C=O) groups is 2. The molecule has 3 aromatic carbocycles. The number of rotatable bonds is 6. The Hall–Kier alpha value is -3.03. The molecule has 3 aromatic rings. The second-order valence-electron chi connectivity index (χ2n) is 6.82. The average Bonchev–Trinajstić information content (AvgIpc) is 3.16. The van der Waals surface area contributed by atoms with E-state index in [0.717, 1.165) is 11.3 Å². The van der Waals surface area contributed by atoms with E-state index in [1.165, 1.54) is 24.3 Å². The second kappa shape index (κ2) is 9.41. The number of benzene rings is 3. The number of thioether (sulfide) groups is 1. The van der Waals surface area contributed by atoms with Crippen LogP contribution in [-0.4, -0.2) is 24.2 Å². The molecule has 1 aliphatic heterocycles. The van der Waals surface area contributed by atoms with E-state index in [-0.39, 0.29) is 29.6 Å². The molecule has 1 unspecified atom stereocenters. The van der Waals surface area contributed by atoms with E-state index in [9.17, 15) is 14.0 Å². The topological polar surface area (TPSA) is 58.6 Å². The maximum absolute atomic E-state index is 12.9. The summed E-state index contributed by atoms with van der Waals surface area (Å²) in [4.78, 5) is 26.3. The first-order valence-electron chi connectivity index (χ1n) is 9.47. The van der Waals surface area contributed by atoms with Crippen LogP contribution in [0.2, 0.25) is 5.02 Å². The van der Waals surface area contributed by atoms with Gasteiger partial charge in [0.05, 0.1) is 5.75 Å². The number of nitrogens with zero attached hydrogens (tertiary/aromatic N) is 1. The van der Waals surface area contributed by atoms with E-state index in [4.69, 9.17) is 16.3 Å². The lowest BCUT2D eigenvalue weighted by Gasteiger charge is -2.24. The normalized spacial score (nSPS) is 15.7. The van der Waals surface area contributed by atoms with Crippen LogP contribution >= 0.6 is 23.4 Å². The molecule has 0 bridgehead atoms. The predicted molar refractivity (Wildman–Crippen MR) is 121 cm³/mol. The molecule has 0 saturated carbocycles. The van der Waals surface area contributed by atoms with Gasteiger partial charge in [-0.05, 0) is 66.2 Å². The van der Waals surface area contributed by atoms with Crippen LogP contribution in [0, 0.1) is 5.82 Å². The van der Waals surface area contributed by atoms with Crippen LogP contribution in [0.25, 0.3) is 0 Å². The summed E-state index contributed by atoms with van der Waals surface area (Å²) in [6.45, 7) is -0.192. The lowest BCUT2D eigenvalue weighted by Crippen LogP contribution is -2.27. The molecule has 5 nitrogen and oxygen atoms in total. The van der Waals surface area contributed by atoms with Crippen LogP contribution in [-0.2, 0) is 9.59 Å². The van der Waals surface area contributed by atoms with E-state index in [2.05, 4.69) is 5.32 Å². The van der Waals surface area contributed by atoms with E-state index in [0.29, 0.717) is 22.2 Å². The van der Waals surface area contributed by atoms with Gasteiger partial charge in [-0.1, -0.05) is 23.7 Å². The molecule has 0 aliphatic carbocycles. The van der Waals surface area contributed by atoms with Crippen molar-refractivity contribution in [2.45, 2.75) is 5.37 Å². The number of hydrogen-bond acceptors (Lipinski definition) is 4. The SMILES string of the molecule is O=C(COc1ccc(N2C(=O)CSC2c2ccc(Cl)cc2)cc1)Nc1ccc(F)cc1. The minimum atomic E-state index is -0.373. The van der Waals surface area contributed by atoms with Crippen molar-refractivity contribution in [3.05, 3.63) is 89.2 Å². The molecular formula is C23H18ClFN2O3S. The summed E-state index contributed by atoms with van der Waals surface area (Å²) >= 11 is 7.53. The van der Waals surface area contributed by atoms with Gasteiger partial charge >= 0.3 is 0 Å². The van der Waals surface area contributed by atoms with Crippen LogP contribution in [0.15, 0.2) is 72.8 Å². The molecule has 0 radical (unpaired) electrons. The van der Waals surface area contributed by atoms with E-state index < -0.39 is 0 Å². The summed E-state index contributed by atoms with van der Waals surface area (Å²) in [5, 5.41) is 3.15. The fourth-order valence-corrected chi connectivity index (χ4v) is 4.46. The highest BCUT2D eigenvalue weighted by atomic mass is 35.5. The molecule has 1 N–H and O–H groups in total. The summed E-state index contributed by atoms with van der Waals surface area (Å²) in [6.07, 6.45) is 0. The highest BCUT2D eigenvalue weighted by Gasteiger charge is 2.33. The van der Waals surface area contributed by atoms with Crippen molar-refractivity contribution in [1.29, 1.82) is 0 Å². The fourth-order valence-electron chi connectivity index (χ4n) is 3.16. The number of carbonyl (C=O) groups excluding carboxylic acids is 2. The van der Waals surface area contributed by atoms with Crippen molar-refractivity contribution in [1.82, 2.24) is 0 Å². The number of nitrogens with one attached hydrogen (secondary N) is 1. The van der Waals surface area contributed by atoms with Gasteiger partial charge in [0.15, 0.2) is 6.61 Å². The minimum Gasteiger partial charge on any atom is -0.484 e. The smallest absolute Gasteiger partial charge is 0.262 e. The van der Waals surface area contributed by atoms with Crippen molar-refractivity contribution in [2.75, 3.05) is 22.6 Å². The third kappa shape index (κ3) is 5.18. The highest BCUT2D eigenvalue weighted by molar-refractivity contribution is 8.00. The average molecular weight is 457 g/mol. The van der Waals surface area contributed by atoms with Crippen molar-refractivity contribution in [2.24, 2.45) is 0 Å². The summed E-state index contributed by atoms with van der Waals surface area (Å²) < 4.78 is 18.5. The van der Waals surface area contributed by atoms with Crippen molar-refractivity contribution >= 4 is 46.6 Å². The Labute approximate surface area is 188 Å². The summed E-state index contributed by atoms with van der Waals surface area (Å²) in [5.41, 5.74) is 2.24. The largest absolute Gasteiger partial charge is 0.484 e. The molecule has 0 aromatic heterocycles. The summed E-state index contributed by atoms with van der Waals surface area (Å²) in [5.74, 6) is 0.194. The Morgan fingerprint density at radius 1 is 1.06 bits per heavy atom. The van der Waals surface area contributed by atoms with Crippen molar-refractivity contribution in [3.63, 3.8) is 0 Å². The Balaban J connectivity index is 1.38. The number of amides is 2. The number of hydrogen-bond donors (Lipinski definition) is 1. The van der Waals surface area contributed by atoms with Gasteiger partial charge in [0.2, 0.25) is 5.91 Å². The minimum absolute atomic E-state index is 0.0253. The third-order valence-electron chi connectivity index (χ3n) is 4.64. The Kier molecular flexibility index (Phi) is 6.44. The van der Waals surface area contributed by atoms with Gasteiger partial charge in [0.1, 0.15) is 16.9 Å². The van der Waals surface area contributed by atoms with Crippen LogP contribution < -0.4 is 15.0 Å². The first-order chi connectivity index (χ1) is 15.0. The molecule has 4 rings (SSSR count). The van der Waals surface area contributed by atoms with Crippen LogP contribution in [0.1, 0.15) is 10.9 Å². The quantitative estimate of drug-likeness (QED) is 0.548. The van der Waals surface area contributed by atoms with Crippen LogP contribution in [0.4, 0.5) is 15.8 Å². The molecule has 0 spiro atoms. The number of anilines is 2. The molecule has 1 aliphatic rings. The third-order valence-corrected chi connectivity index (χ3v) is 6.10. The highest BCUT2D eigenvalue weighted by Crippen LogP contribution is 2.42. The van der Waals surface area contributed by atoms with E-state index in [1.54, 1.807) is 40.9 Å². The maximum atomic E-state index is 12.9. The molecule has 1 atom stereocenters. The van der Waals surface area contributed by atoms with Gasteiger partial charge in [0, 0.05) is 16.4 Å². The molecule has 1 fully saturated rings. The zero-order valence-corrected chi connectivity index (χ0v) is 17.8. The molecule has 158 valence electrons. The first-order valence-corrected chi connectivity index (χ1v) is 10.9. The van der Waals surface area contributed by atoms with Gasteiger partial charge in [-0.25, -0.2) is 4.39 Å². The molecule has 2 amide bonds. The lowest BCUT2D eigenvalue weighted by atomic mass is 10.2. The number of ether oxygens (including phenoxy) is 1. The standard InChI is InChI=1S/C23H18ClFN2O3S/c24-16-3-1-15(2-4-16)23-27(22(29)14-31-23)19-9-11-20(12-10-19)30-13-21(28)26-18-7-5-17(25)6-8-18/h1-12,23H,13-14H2,(H,26,28). The van der Waals surface area contributed by atoms with Gasteiger partial charge in [-0.2, -0.15) is 0 Å². The monoisotopic (exact) mass is 456 g/mol. The second-order valence-corrected chi connectivity index (χ2v) is 8.32. The first kappa shape index (κ1) is 21.2. The predicted octanol–water partition coefficient (Wildman–Crippen LogP) is 5.28. The molecule has 31 heavy (non-hydrogen) atoms. The molecule has 8 heteroatoms. The van der Waals surface area contributed by atoms with Crippen LogP contribution in [0.3, 0.4) is 0 Å². The Morgan fingerprint density at radius 2 is 1.74 bits per heavy atom. The lowest BCUT2D eigenvalue weighted by molar-refractivity contribution is -0.118. The van der Waals surface area contributed by atoms with Crippen molar-refractivity contribution < 1.29 is 18.7 Å². The fraction of sp³-hybridized carbons (Fsp3) is 0.130. The Morgan fingerprint density at radius 3 is 2.42 bits per heavy atom. The number of halogens is 2. The summed E-state index contributed by atoms with van der Waals surface area (Å²) in [6, 6.07) is 20.0. The van der Waals surface area contributed by atoms with E-state index in [1.807, 2.05) is 24.3 Å². The van der Waals surface area contributed by atoms with Gasteiger partial charge in [0.25, 0.3) is 5.91 Å². The molecular weight excluding hydrogens is 439 g/mol. The van der Waals surface area contributed by atoms with E-state index >= 15 is 0 Å². The van der Waals surface area contributed by atoms with Gasteiger partial charge in [-0.3, -0.25) is 14.5 Å². The zero-order valence-electron chi connectivity index (χ0n) is 16.3. The van der Waals surface area contributed by atoms with Gasteiger partial charge < -0.3 is 10.1 Å². The van der Waals surface area contributed by atoms with Crippen molar-refractivity contribution in [3.8, 4) is 5.75 Å². The molecule has 1 heterocycles. The molecule has 1 saturated heterocycles. The maximum Gasteiger partial charge on any atom is 0.262 e. The summed E-state index contributed by atoms with van der Waals surface area (Å²) in [7, 11) is 0. The van der Waals surface area contributed by atoms with Crippen LogP contribution in [0.5, 0.6) is 5.75 Å². The zero-order chi connectivity index (χ0) is 21.8. The Bertz CT molecular complexity index is 1080.